The number of hydrogen-bond donors (Lipinski definition) is 0. The van der Waals surface area contributed by atoms with Crippen molar-refractivity contribution in [2.75, 3.05) is 6.54 Å². The van der Waals surface area contributed by atoms with Crippen molar-refractivity contribution in [2.24, 2.45) is 0 Å². The van der Waals surface area contributed by atoms with E-state index >= 15 is 0 Å². The number of hydrogen-bond acceptors (Lipinski definition) is 2. The van der Waals surface area contributed by atoms with Gasteiger partial charge in [-0.2, -0.15) is 5.26 Å². The summed E-state index contributed by atoms with van der Waals surface area (Å²) in [7, 11) is 0. The number of benzene rings is 2. The number of likely N-dealkylation sites (tertiary alicyclic amines) is 1. The van der Waals surface area contributed by atoms with Gasteiger partial charge < -0.3 is 4.90 Å². The molecule has 1 amide bonds. The Morgan fingerprint density at radius 1 is 1.19 bits per heavy atom. The topological polar surface area (TPSA) is 44.1 Å². The normalized spacial score (nSPS) is 17.0. The largest absolute Gasteiger partial charge is 0.331 e. The van der Waals surface area contributed by atoms with Crippen molar-refractivity contribution in [3.8, 4) is 6.07 Å². The SMILES string of the molecule is N#Cc1ccccc1C(=O)N1CCC1c1ccc(F)cc1. The summed E-state index contributed by atoms with van der Waals surface area (Å²) >= 11 is 0. The third kappa shape index (κ3) is 2.38. The van der Waals surface area contributed by atoms with Gasteiger partial charge in [-0.25, -0.2) is 4.39 Å². The first-order chi connectivity index (χ1) is 10.2. The molecule has 104 valence electrons. The summed E-state index contributed by atoms with van der Waals surface area (Å²) in [5, 5.41) is 9.09. The van der Waals surface area contributed by atoms with E-state index in [4.69, 9.17) is 5.26 Å². The van der Waals surface area contributed by atoms with Crippen LogP contribution in [0.2, 0.25) is 0 Å². The van der Waals surface area contributed by atoms with Crippen LogP contribution in [0.25, 0.3) is 0 Å². The fourth-order valence-corrected chi connectivity index (χ4v) is 2.58. The first-order valence-corrected chi connectivity index (χ1v) is 6.76. The molecule has 2 aromatic carbocycles. The van der Waals surface area contributed by atoms with Gasteiger partial charge in [0.25, 0.3) is 5.91 Å². The van der Waals surface area contributed by atoms with E-state index in [0.717, 1.165) is 12.0 Å². The molecule has 3 nitrogen and oxygen atoms in total. The van der Waals surface area contributed by atoms with Gasteiger partial charge in [0, 0.05) is 6.54 Å². The summed E-state index contributed by atoms with van der Waals surface area (Å²) in [5.74, 6) is -0.432. The quantitative estimate of drug-likeness (QED) is 0.847. The molecule has 0 bridgehead atoms. The molecule has 2 aromatic rings. The van der Waals surface area contributed by atoms with Crippen LogP contribution in [-0.2, 0) is 0 Å². The number of rotatable bonds is 2. The highest BCUT2D eigenvalue weighted by Gasteiger charge is 2.34. The van der Waals surface area contributed by atoms with Gasteiger partial charge in [-0.15, -0.1) is 0 Å². The van der Waals surface area contributed by atoms with Crippen LogP contribution in [-0.4, -0.2) is 17.4 Å². The van der Waals surface area contributed by atoms with Crippen molar-refractivity contribution in [1.29, 1.82) is 5.26 Å². The first kappa shape index (κ1) is 13.3. The fraction of sp³-hybridized carbons (Fsp3) is 0.176. The van der Waals surface area contributed by atoms with Crippen LogP contribution in [0.4, 0.5) is 4.39 Å². The summed E-state index contributed by atoms with van der Waals surface area (Å²) in [4.78, 5) is 14.3. The monoisotopic (exact) mass is 280 g/mol. The number of carbonyl (C=O) groups excluding carboxylic acids is 1. The predicted molar refractivity (Wildman–Crippen MR) is 76.0 cm³/mol. The van der Waals surface area contributed by atoms with E-state index in [1.165, 1.54) is 12.1 Å². The second-order valence-electron chi connectivity index (χ2n) is 5.01. The lowest BCUT2D eigenvalue weighted by Gasteiger charge is -2.41. The van der Waals surface area contributed by atoms with Gasteiger partial charge in [-0.1, -0.05) is 24.3 Å². The Balaban J connectivity index is 1.86. The van der Waals surface area contributed by atoms with Gasteiger partial charge in [0.05, 0.1) is 23.2 Å². The molecular formula is C17H13FN2O. The molecule has 0 N–H and O–H groups in total. The van der Waals surface area contributed by atoms with Crippen LogP contribution in [0.15, 0.2) is 48.5 Å². The molecule has 0 saturated carbocycles. The average Bonchev–Trinajstić information content (AvgIpc) is 2.48. The highest BCUT2D eigenvalue weighted by molar-refractivity contribution is 5.97. The minimum Gasteiger partial charge on any atom is -0.331 e. The molecule has 0 aromatic heterocycles. The number of halogens is 1. The Bertz CT molecular complexity index is 718. The lowest BCUT2D eigenvalue weighted by atomic mass is 9.93. The van der Waals surface area contributed by atoms with Gasteiger partial charge in [-0.05, 0) is 36.2 Å². The molecule has 1 unspecified atom stereocenters. The Morgan fingerprint density at radius 2 is 1.90 bits per heavy atom. The molecule has 21 heavy (non-hydrogen) atoms. The first-order valence-electron chi connectivity index (χ1n) is 6.76. The van der Waals surface area contributed by atoms with Crippen molar-refractivity contribution in [2.45, 2.75) is 12.5 Å². The molecular weight excluding hydrogens is 267 g/mol. The van der Waals surface area contributed by atoms with Crippen molar-refractivity contribution < 1.29 is 9.18 Å². The second kappa shape index (κ2) is 5.37. The average molecular weight is 280 g/mol. The Hall–Kier alpha value is -2.67. The number of nitriles is 1. The van der Waals surface area contributed by atoms with E-state index < -0.39 is 0 Å². The number of amides is 1. The van der Waals surface area contributed by atoms with E-state index in [1.54, 1.807) is 41.3 Å². The van der Waals surface area contributed by atoms with Crippen LogP contribution in [0.3, 0.4) is 0 Å². The minimum atomic E-state index is -0.286. The molecule has 0 spiro atoms. The molecule has 1 atom stereocenters. The van der Waals surface area contributed by atoms with Gasteiger partial charge >= 0.3 is 0 Å². The van der Waals surface area contributed by atoms with E-state index in [0.29, 0.717) is 17.7 Å². The smallest absolute Gasteiger partial charge is 0.255 e. The highest BCUT2D eigenvalue weighted by Crippen LogP contribution is 2.34. The molecule has 3 rings (SSSR count). The summed E-state index contributed by atoms with van der Waals surface area (Å²) in [5.41, 5.74) is 1.73. The minimum absolute atomic E-state index is 0.0372. The van der Waals surface area contributed by atoms with Crippen LogP contribution >= 0.6 is 0 Å². The second-order valence-corrected chi connectivity index (χ2v) is 5.01. The standard InChI is InChI=1S/C17H13FN2O/c18-14-7-5-12(6-8-14)16-9-10-20(16)17(21)15-4-2-1-3-13(15)11-19/h1-8,16H,9-10H2. The molecule has 1 aliphatic heterocycles. The Morgan fingerprint density at radius 3 is 2.52 bits per heavy atom. The van der Waals surface area contributed by atoms with Gasteiger partial charge in [0.1, 0.15) is 5.82 Å². The predicted octanol–water partition coefficient (Wildman–Crippen LogP) is 3.28. The summed E-state index contributed by atoms with van der Waals surface area (Å²) in [6, 6.07) is 15.0. The van der Waals surface area contributed by atoms with Gasteiger partial charge in [0.15, 0.2) is 0 Å². The Kier molecular flexibility index (Phi) is 3.41. The zero-order valence-corrected chi connectivity index (χ0v) is 11.3. The zero-order chi connectivity index (χ0) is 14.8. The van der Waals surface area contributed by atoms with E-state index in [-0.39, 0.29) is 17.8 Å². The lowest BCUT2D eigenvalue weighted by Crippen LogP contribution is -2.45. The van der Waals surface area contributed by atoms with Gasteiger partial charge in [-0.3, -0.25) is 4.79 Å². The lowest BCUT2D eigenvalue weighted by molar-refractivity contribution is 0.0460. The molecule has 4 heteroatoms. The maximum absolute atomic E-state index is 13.0. The van der Waals surface area contributed by atoms with Crippen molar-refractivity contribution in [3.63, 3.8) is 0 Å². The number of carbonyl (C=O) groups is 1. The van der Waals surface area contributed by atoms with E-state index in [2.05, 4.69) is 0 Å². The van der Waals surface area contributed by atoms with Gasteiger partial charge in [0.2, 0.25) is 0 Å². The summed E-state index contributed by atoms with van der Waals surface area (Å²) in [6.45, 7) is 0.653. The molecule has 0 aliphatic carbocycles. The number of nitrogens with zero attached hydrogens (tertiary/aromatic N) is 2. The van der Waals surface area contributed by atoms with Crippen molar-refractivity contribution in [3.05, 3.63) is 71.0 Å². The van der Waals surface area contributed by atoms with Crippen LogP contribution in [0, 0.1) is 17.1 Å². The maximum atomic E-state index is 13.0. The summed E-state index contributed by atoms with van der Waals surface area (Å²) < 4.78 is 13.0. The maximum Gasteiger partial charge on any atom is 0.255 e. The molecule has 1 saturated heterocycles. The van der Waals surface area contributed by atoms with Crippen LogP contribution in [0.5, 0.6) is 0 Å². The van der Waals surface area contributed by atoms with Crippen LogP contribution in [0.1, 0.15) is 33.9 Å². The molecule has 1 heterocycles. The third-order valence-electron chi connectivity index (χ3n) is 3.81. The summed E-state index contributed by atoms with van der Waals surface area (Å²) in [6.07, 6.45) is 0.853. The highest BCUT2D eigenvalue weighted by atomic mass is 19.1. The molecule has 1 aliphatic rings. The van der Waals surface area contributed by atoms with E-state index in [9.17, 15) is 9.18 Å². The zero-order valence-electron chi connectivity index (χ0n) is 11.3. The molecule has 0 radical (unpaired) electrons. The fourth-order valence-electron chi connectivity index (χ4n) is 2.58. The Labute approximate surface area is 122 Å². The van der Waals surface area contributed by atoms with E-state index in [1.807, 2.05) is 6.07 Å². The van der Waals surface area contributed by atoms with Crippen molar-refractivity contribution in [1.82, 2.24) is 4.90 Å². The van der Waals surface area contributed by atoms with Crippen molar-refractivity contribution >= 4 is 5.91 Å². The third-order valence-corrected chi connectivity index (χ3v) is 3.81. The molecule has 1 fully saturated rings. The van der Waals surface area contributed by atoms with Crippen LogP contribution < -0.4 is 0 Å².